The molecule has 1 aromatic carbocycles. The van der Waals surface area contributed by atoms with Gasteiger partial charge in [0.2, 0.25) is 0 Å². The lowest BCUT2D eigenvalue weighted by atomic mass is 10.1. The number of halogens is 1. The highest BCUT2D eigenvalue weighted by molar-refractivity contribution is 7.12. The van der Waals surface area contributed by atoms with Gasteiger partial charge in [-0.3, -0.25) is 0 Å². The molecule has 0 amide bonds. The number of benzene rings is 1. The smallest absolute Gasteiger partial charge is 0.123 e. The Balaban J connectivity index is 2.29. The Labute approximate surface area is 105 Å². The molecule has 0 bridgehead atoms. The average molecular weight is 250 g/mol. The minimum atomic E-state index is -0.219. The molecule has 2 aromatic rings. The lowest BCUT2D eigenvalue weighted by Crippen LogP contribution is -2.11. The van der Waals surface area contributed by atoms with Crippen LogP contribution in [0.15, 0.2) is 24.3 Å². The number of nitrogens with zero attached hydrogens (tertiary/aromatic N) is 1. The molecule has 0 radical (unpaired) electrons. The van der Waals surface area contributed by atoms with Crippen molar-refractivity contribution >= 4 is 11.3 Å². The number of aromatic nitrogens is 1. The van der Waals surface area contributed by atoms with E-state index in [0.717, 1.165) is 34.2 Å². The van der Waals surface area contributed by atoms with Gasteiger partial charge < -0.3 is 5.32 Å². The van der Waals surface area contributed by atoms with Crippen LogP contribution in [0.25, 0.3) is 11.3 Å². The van der Waals surface area contributed by atoms with Gasteiger partial charge in [-0.1, -0.05) is 19.1 Å². The Bertz CT molecular complexity index is 508. The molecule has 1 aromatic heterocycles. The average Bonchev–Trinajstić information content (AvgIpc) is 2.68. The Morgan fingerprint density at radius 2 is 2.24 bits per heavy atom. The van der Waals surface area contributed by atoms with Crippen molar-refractivity contribution in [2.45, 2.75) is 20.4 Å². The van der Waals surface area contributed by atoms with E-state index in [1.165, 1.54) is 12.1 Å². The number of hydrogen-bond donors (Lipinski definition) is 1. The van der Waals surface area contributed by atoms with E-state index in [1.807, 2.05) is 13.0 Å². The number of rotatable bonds is 4. The molecule has 0 fully saturated rings. The summed E-state index contributed by atoms with van der Waals surface area (Å²) >= 11 is 1.66. The molecule has 1 N–H and O–H groups in total. The zero-order chi connectivity index (χ0) is 12.3. The molecule has 2 nitrogen and oxygen atoms in total. The van der Waals surface area contributed by atoms with Crippen molar-refractivity contribution in [2.24, 2.45) is 0 Å². The van der Waals surface area contributed by atoms with Gasteiger partial charge in [0.1, 0.15) is 10.8 Å². The predicted octanol–water partition coefficient (Wildman–Crippen LogP) is 3.37. The highest BCUT2D eigenvalue weighted by Gasteiger charge is 2.09. The Morgan fingerprint density at radius 3 is 2.94 bits per heavy atom. The molecular formula is C13H15FN2S. The summed E-state index contributed by atoms with van der Waals surface area (Å²) in [6.45, 7) is 5.78. The number of nitrogens with one attached hydrogen (secondary N) is 1. The first-order chi connectivity index (χ1) is 8.20. The number of thiazole rings is 1. The molecule has 0 saturated carbocycles. The first-order valence-electron chi connectivity index (χ1n) is 5.63. The molecule has 90 valence electrons. The first-order valence-corrected chi connectivity index (χ1v) is 6.45. The second kappa shape index (κ2) is 5.38. The van der Waals surface area contributed by atoms with Gasteiger partial charge in [-0.15, -0.1) is 11.3 Å². The standard InChI is InChI=1S/C13H15FN2S/c1-3-15-8-12-16-13(9(2)17-12)10-5-4-6-11(14)7-10/h4-7,15H,3,8H2,1-2H3. The van der Waals surface area contributed by atoms with Gasteiger partial charge in [0.15, 0.2) is 0 Å². The second-order valence-electron chi connectivity index (χ2n) is 3.80. The SMILES string of the molecule is CCNCc1nc(-c2cccc(F)c2)c(C)s1. The Morgan fingerprint density at radius 1 is 1.41 bits per heavy atom. The first kappa shape index (κ1) is 12.2. The third kappa shape index (κ3) is 2.90. The van der Waals surface area contributed by atoms with Crippen LogP contribution < -0.4 is 5.32 Å². The largest absolute Gasteiger partial charge is 0.311 e. The van der Waals surface area contributed by atoms with E-state index >= 15 is 0 Å². The Kier molecular flexibility index (Phi) is 3.86. The predicted molar refractivity (Wildman–Crippen MR) is 69.6 cm³/mol. The van der Waals surface area contributed by atoms with E-state index in [0.29, 0.717) is 0 Å². The van der Waals surface area contributed by atoms with Crippen LogP contribution in [0.1, 0.15) is 16.8 Å². The monoisotopic (exact) mass is 250 g/mol. The second-order valence-corrected chi connectivity index (χ2v) is 5.09. The molecule has 0 aliphatic heterocycles. The van der Waals surface area contributed by atoms with E-state index in [2.05, 4.69) is 17.2 Å². The molecule has 0 saturated heterocycles. The fraction of sp³-hybridized carbons (Fsp3) is 0.308. The van der Waals surface area contributed by atoms with Crippen LogP contribution in [0.4, 0.5) is 4.39 Å². The molecule has 0 atom stereocenters. The van der Waals surface area contributed by atoms with Crippen molar-refractivity contribution in [3.63, 3.8) is 0 Å². The highest BCUT2D eigenvalue weighted by Crippen LogP contribution is 2.27. The lowest BCUT2D eigenvalue weighted by Gasteiger charge is -1.98. The summed E-state index contributed by atoms with van der Waals surface area (Å²) in [4.78, 5) is 5.68. The van der Waals surface area contributed by atoms with Crippen molar-refractivity contribution in [1.29, 1.82) is 0 Å². The van der Waals surface area contributed by atoms with E-state index < -0.39 is 0 Å². The van der Waals surface area contributed by atoms with Gasteiger partial charge in [-0.05, 0) is 25.6 Å². The van der Waals surface area contributed by atoms with Crippen molar-refractivity contribution in [3.8, 4) is 11.3 Å². The molecule has 17 heavy (non-hydrogen) atoms. The Hall–Kier alpha value is -1.26. The summed E-state index contributed by atoms with van der Waals surface area (Å²) in [6, 6.07) is 6.58. The van der Waals surface area contributed by atoms with Crippen molar-refractivity contribution in [1.82, 2.24) is 10.3 Å². The van der Waals surface area contributed by atoms with Crippen LogP contribution in [-0.4, -0.2) is 11.5 Å². The van der Waals surface area contributed by atoms with Crippen LogP contribution in [0.5, 0.6) is 0 Å². The van der Waals surface area contributed by atoms with Crippen LogP contribution in [0.3, 0.4) is 0 Å². The van der Waals surface area contributed by atoms with Gasteiger partial charge in [-0.25, -0.2) is 9.37 Å². The number of hydrogen-bond acceptors (Lipinski definition) is 3. The molecule has 0 aliphatic carbocycles. The van der Waals surface area contributed by atoms with Crippen LogP contribution in [0, 0.1) is 12.7 Å². The topological polar surface area (TPSA) is 24.9 Å². The maximum Gasteiger partial charge on any atom is 0.123 e. The maximum absolute atomic E-state index is 13.2. The summed E-state index contributed by atoms with van der Waals surface area (Å²) < 4.78 is 13.2. The molecule has 0 aliphatic rings. The van der Waals surface area contributed by atoms with E-state index in [1.54, 1.807) is 17.4 Å². The van der Waals surface area contributed by atoms with E-state index in [9.17, 15) is 4.39 Å². The van der Waals surface area contributed by atoms with E-state index in [4.69, 9.17) is 0 Å². The molecule has 2 rings (SSSR count). The zero-order valence-electron chi connectivity index (χ0n) is 9.96. The molecular weight excluding hydrogens is 235 g/mol. The van der Waals surface area contributed by atoms with Crippen LogP contribution in [0.2, 0.25) is 0 Å². The van der Waals surface area contributed by atoms with Crippen LogP contribution >= 0.6 is 11.3 Å². The minimum Gasteiger partial charge on any atom is -0.311 e. The van der Waals surface area contributed by atoms with Gasteiger partial charge in [0, 0.05) is 17.0 Å². The fourth-order valence-corrected chi connectivity index (χ4v) is 2.59. The van der Waals surface area contributed by atoms with Crippen molar-refractivity contribution in [3.05, 3.63) is 40.0 Å². The summed E-state index contributed by atoms with van der Waals surface area (Å²) in [7, 11) is 0. The minimum absolute atomic E-state index is 0.219. The van der Waals surface area contributed by atoms with Gasteiger partial charge in [0.25, 0.3) is 0 Å². The fourth-order valence-electron chi connectivity index (χ4n) is 1.66. The van der Waals surface area contributed by atoms with Gasteiger partial charge >= 0.3 is 0 Å². The summed E-state index contributed by atoms with van der Waals surface area (Å²) in [5, 5.41) is 4.29. The van der Waals surface area contributed by atoms with Gasteiger partial charge in [-0.2, -0.15) is 0 Å². The summed E-state index contributed by atoms with van der Waals surface area (Å²) in [6.07, 6.45) is 0. The summed E-state index contributed by atoms with van der Waals surface area (Å²) in [5.41, 5.74) is 1.74. The van der Waals surface area contributed by atoms with Crippen molar-refractivity contribution < 1.29 is 4.39 Å². The van der Waals surface area contributed by atoms with E-state index in [-0.39, 0.29) is 5.82 Å². The van der Waals surface area contributed by atoms with Gasteiger partial charge in [0.05, 0.1) is 5.69 Å². The maximum atomic E-state index is 13.2. The lowest BCUT2D eigenvalue weighted by molar-refractivity contribution is 0.628. The molecule has 0 spiro atoms. The normalized spacial score (nSPS) is 10.8. The molecule has 4 heteroatoms. The third-order valence-electron chi connectivity index (χ3n) is 2.47. The molecule has 0 unspecified atom stereocenters. The highest BCUT2D eigenvalue weighted by atomic mass is 32.1. The molecule has 1 heterocycles. The third-order valence-corrected chi connectivity index (χ3v) is 3.44. The zero-order valence-corrected chi connectivity index (χ0v) is 10.8. The van der Waals surface area contributed by atoms with Crippen LogP contribution in [-0.2, 0) is 6.54 Å². The summed E-state index contributed by atoms with van der Waals surface area (Å²) in [5.74, 6) is -0.219. The quantitative estimate of drug-likeness (QED) is 0.900. The van der Waals surface area contributed by atoms with Crippen molar-refractivity contribution in [2.75, 3.05) is 6.54 Å². The number of aryl methyl sites for hydroxylation is 1.